The summed E-state index contributed by atoms with van der Waals surface area (Å²) in [5.41, 5.74) is 2.06. The molecule has 4 nitrogen and oxygen atoms in total. The first-order valence-electron chi connectivity index (χ1n) is 8.28. The molecule has 0 saturated carbocycles. The van der Waals surface area contributed by atoms with Crippen LogP contribution in [0.25, 0.3) is 0 Å². The van der Waals surface area contributed by atoms with Crippen LogP contribution in [0.4, 0.5) is 0 Å². The Morgan fingerprint density at radius 1 is 1.22 bits per heavy atom. The van der Waals surface area contributed by atoms with Gasteiger partial charge >= 0.3 is 0 Å². The number of rotatable bonds is 3. The van der Waals surface area contributed by atoms with E-state index in [0.717, 1.165) is 13.1 Å². The normalized spacial score (nSPS) is 20.2. The lowest BCUT2D eigenvalue weighted by atomic mass is 9.78. The van der Waals surface area contributed by atoms with Gasteiger partial charge in [-0.05, 0) is 30.9 Å². The van der Waals surface area contributed by atoms with Crippen molar-refractivity contribution in [3.63, 3.8) is 0 Å². The fourth-order valence-electron chi connectivity index (χ4n) is 3.59. The molecule has 1 fully saturated rings. The van der Waals surface area contributed by atoms with Gasteiger partial charge in [-0.2, -0.15) is 5.10 Å². The van der Waals surface area contributed by atoms with Crippen LogP contribution in [0.15, 0.2) is 42.6 Å². The van der Waals surface area contributed by atoms with Crippen LogP contribution < -0.4 is 0 Å². The van der Waals surface area contributed by atoms with Crippen LogP contribution in [-0.2, 0) is 0 Å². The molecule has 0 bridgehead atoms. The van der Waals surface area contributed by atoms with Crippen molar-refractivity contribution >= 4 is 5.91 Å². The molecule has 1 aliphatic heterocycles. The maximum Gasteiger partial charge on any atom is 0.272 e. The molecule has 1 atom stereocenters. The Kier molecular flexibility index (Phi) is 4.00. The summed E-state index contributed by atoms with van der Waals surface area (Å²) in [4.78, 5) is 14.9. The molecular formula is C19H25N3O. The van der Waals surface area contributed by atoms with Crippen molar-refractivity contribution in [2.75, 3.05) is 13.1 Å². The molecule has 122 valence electrons. The molecule has 4 heteroatoms. The summed E-state index contributed by atoms with van der Waals surface area (Å²) < 4.78 is 1.81. The Bertz CT molecular complexity index is 688. The summed E-state index contributed by atoms with van der Waals surface area (Å²) in [6.45, 7) is 10.1. The molecular weight excluding hydrogens is 286 g/mol. The highest BCUT2D eigenvalue weighted by molar-refractivity contribution is 5.93. The van der Waals surface area contributed by atoms with Crippen LogP contribution in [0.5, 0.6) is 0 Å². The second kappa shape index (κ2) is 5.84. The first-order chi connectivity index (χ1) is 10.9. The van der Waals surface area contributed by atoms with E-state index in [-0.39, 0.29) is 17.4 Å². The Balaban J connectivity index is 1.85. The number of carbonyl (C=O) groups is 1. The van der Waals surface area contributed by atoms with E-state index >= 15 is 0 Å². The van der Waals surface area contributed by atoms with Gasteiger partial charge in [-0.1, -0.05) is 44.2 Å². The minimum absolute atomic E-state index is 0.0691. The van der Waals surface area contributed by atoms with E-state index < -0.39 is 0 Å². The lowest BCUT2D eigenvalue weighted by Crippen LogP contribution is -2.32. The van der Waals surface area contributed by atoms with Crippen LogP contribution in [0.1, 0.15) is 55.7 Å². The molecule has 3 rings (SSSR count). The molecule has 0 N–H and O–H groups in total. The SMILES string of the molecule is CC(C)n1nccc1C(=O)N1CC(c2ccccc2)C(C)(C)C1. The molecule has 1 aromatic carbocycles. The molecule has 23 heavy (non-hydrogen) atoms. The van der Waals surface area contributed by atoms with E-state index in [0.29, 0.717) is 11.6 Å². The highest BCUT2D eigenvalue weighted by atomic mass is 16.2. The van der Waals surface area contributed by atoms with Crippen LogP contribution in [0.2, 0.25) is 0 Å². The third-order valence-corrected chi connectivity index (χ3v) is 4.81. The van der Waals surface area contributed by atoms with Crippen molar-refractivity contribution in [1.82, 2.24) is 14.7 Å². The van der Waals surface area contributed by atoms with Gasteiger partial charge in [-0.3, -0.25) is 9.48 Å². The van der Waals surface area contributed by atoms with E-state index in [4.69, 9.17) is 0 Å². The summed E-state index contributed by atoms with van der Waals surface area (Å²) in [5.74, 6) is 0.450. The largest absolute Gasteiger partial charge is 0.336 e. The maximum atomic E-state index is 13.0. The van der Waals surface area contributed by atoms with Crippen molar-refractivity contribution in [2.45, 2.75) is 39.7 Å². The van der Waals surface area contributed by atoms with Gasteiger partial charge < -0.3 is 4.90 Å². The number of amides is 1. The summed E-state index contributed by atoms with van der Waals surface area (Å²) >= 11 is 0. The van der Waals surface area contributed by atoms with Gasteiger partial charge in [0, 0.05) is 31.2 Å². The van der Waals surface area contributed by atoms with Crippen LogP contribution in [0, 0.1) is 5.41 Å². The van der Waals surface area contributed by atoms with E-state index in [1.54, 1.807) is 6.20 Å². The van der Waals surface area contributed by atoms with Gasteiger partial charge in [-0.15, -0.1) is 0 Å². The van der Waals surface area contributed by atoms with Crippen LogP contribution in [0.3, 0.4) is 0 Å². The van der Waals surface area contributed by atoms with E-state index in [1.165, 1.54) is 5.56 Å². The smallest absolute Gasteiger partial charge is 0.272 e. The first kappa shape index (κ1) is 15.8. The van der Waals surface area contributed by atoms with Gasteiger partial charge in [-0.25, -0.2) is 0 Å². The van der Waals surface area contributed by atoms with Crippen molar-refractivity contribution < 1.29 is 4.79 Å². The molecule has 2 aromatic rings. The first-order valence-corrected chi connectivity index (χ1v) is 8.28. The predicted octanol–water partition coefficient (Wildman–Crippen LogP) is 3.73. The van der Waals surface area contributed by atoms with Crippen molar-refractivity contribution in [2.24, 2.45) is 5.41 Å². The van der Waals surface area contributed by atoms with E-state index in [1.807, 2.05) is 35.6 Å². The quantitative estimate of drug-likeness (QED) is 0.866. The Labute approximate surface area is 138 Å². The minimum atomic E-state index is 0.0691. The fourth-order valence-corrected chi connectivity index (χ4v) is 3.59. The number of aromatic nitrogens is 2. The van der Waals surface area contributed by atoms with Crippen molar-refractivity contribution in [3.8, 4) is 0 Å². The van der Waals surface area contributed by atoms with Crippen molar-refractivity contribution in [3.05, 3.63) is 53.9 Å². The third-order valence-electron chi connectivity index (χ3n) is 4.81. The Morgan fingerprint density at radius 2 is 1.91 bits per heavy atom. The minimum Gasteiger partial charge on any atom is -0.336 e. The molecule has 1 amide bonds. The fraction of sp³-hybridized carbons (Fsp3) is 0.474. The number of hydrogen-bond acceptors (Lipinski definition) is 2. The standard InChI is InChI=1S/C19H25N3O/c1-14(2)22-17(10-11-20-22)18(23)21-12-16(19(3,4)13-21)15-8-6-5-7-9-15/h5-11,14,16H,12-13H2,1-4H3. The summed E-state index contributed by atoms with van der Waals surface area (Å²) in [7, 11) is 0. The molecule has 1 aromatic heterocycles. The van der Waals surface area contributed by atoms with Gasteiger partial charge in [0.05, 0.1) is 0 Å². The van der Waals surface area contributed by atoms with Crippen LogP contribution >= 0.6 is 0 Å². The van der Waals surface area contributed by atoms with Gasteiger partial charge in [0.15, 0.2) is 0 Å². The molecule has 1 unspecified atom stereocenters. The Morgan fingerprint density at radius 3 is 2.57 bits per heavy atom. The topological polar surface area (TPSA) is 38.1 Å². The zero-order valence-electron chi connectivity index (χ0n) is 14.4. The molecule has 2 heterocycles. The number of hydrogen-bond donors (Lipinski definition) is 0. The second-order valence-corrected chi connectivity index (χ2v) is 7.39. The molecule has 0 radical (unpaired) electrons. The van der Waals surface area contributed by atoms with Gasteiger partial charge in [0.1, 0.15) is 5.69 Å². The van der Waals surface area contributed by atoms with Gasteiger partial charge in [0.25, 0.3) is 5.91 Å². The molecule has 1 aliphatic rings. The number of carbonyl (C=O) groups excluding carboxylic acids is 1. The third kappa shape index (κ3) is 2.90. The molecule has 1 saturated heterocycles. The highest BCUT2D eigenvalue weighted by Crippen LogP contribution is 2.42. The maximum absolute atomic E-state index is 13.0. The monoisotopic (exact) mass is 311 g/mol. The zero-order valence-corrected chi connectivity index (χ0v) is 14.4. The van der Waals surface area contributed by atoms with E-state index in [2.05, 4.69) is 43.2 Å². The number of likely N-dealkylation sites (tertiary alicyclic amines) is 1. The number of nitrogens with zero attached hydrogens (tertiary/aromatic N) is 3. The van der Waals surface area contributed by atoms with Crippen LogP contribution in [-0.4, -0.2) is 33.7 Å². The number of benzene rings is 1. The van der Waals surface area contributed by atoms with E-state index in [9.17, 15) is 4.79 Å². The average Bonchev–Trinajstić information content (AvgIpc) is 3.11. The lowest BCUT2D eigenvalue weighted by molar-refractivity contribution is 0.0763. The zero-order chi connectivity index (χ0) is 16.6. The summed E-state index contributed by atoms with van der Waals surface area (Å²) in [6, 6.07) is 12.5. The second-order valence-electron chi connectivity index (χ2n) is 7.39. The lowest BCUT2D eigenvalue weighted by Gasteiger charge is -2.25. The highest BCUT2D eigenvalue weighted by Gasteiger charge is 2.42. The predicted molar refractivity (Wildman–Crippen MR) is 91.5 cm³/mol. The van der Waals surface area contributed by atoms with Crippen molar-refractivity contribution in [1.29, 1.82) is 0 Å². The summed E-state index contributed by atoms with van der Waals surface area (Å²) in [6.07, 6.45) is 1.71. The Hall–Kier alpha value is -2.10. The summed E-state index contributed by atoms with van der Waals surface area (Å²) in [5, 5.41) is 4.29. The van der Waals surface area contributed by atoms with Gasteiger partial charge in [0.2, 0.25) is 0 Å². The average molecular weight is 311 g/mol. The molecule has 0 aliphatic carbocycles. The molecule has 0 spiro atoms.